The van der Waals surface area contributed by atoms with E-state index >= 15 is 0 Å². The molecule has 0 unspecified atom stereocenters. The number of esters is 1. The number of rotatable bonds is 4. The van der Waals surface area contributed by atoms with Gasteiger partial charge in [-0.1, -0.05) is 23.6 Å². The maximum absolute atomic E-state index is 12.1. The van der Waals surface area contributed by atoms with Crippen molar-refractivity contribution in [3.8, 4) is 12.3 Å². The number of ether oxygens (including phenoxy) is 1. The van der Waals surface area contributed by atoms with Crippen LogP contribution in [0.4, 0.5) is 0 Å². The lowest BCUT2D eigenvalue weighted by Gasteiger charge is -2.17. The lowest BCUT2D eigenvalue weighted by atomic mass is 10.1. The molecule has 1 heterocycles. The van der Waals surface area contributed by atoms with Gasteiger partial charge in [0.1, 0.15) is 6.10 Å². The van der Waals surface area contributed by atoms with Crippen LogP contribution in [-0.4, -0.2) is 26.6 Å². The van der Waals surface area contributed by atoms with Crippen molar-refractivity contribution < 1.29 is 22.1 Å². The van der Waals surface area contributed by atoms with Gasteiger partial charge in [-0.3, -0.25) is 4.79 Å². The summed E-state index contributed by atoms with van der Waals surface area (Å²) >= 11 is 0. The highest BCUT2D eigenvalue weighted by atomic mass is 32.2. The predicted octanol–water partition coefficient (Wildman–Crippen LogP) is 1.41. The van der Waals surface area contributed by atoms with Crippen LogP contribution < -0.4 is 0 Å². The molecule has 0 saturated carbocycles. The first-order valence-electron chi connectivity index (χ1n) is 6.08. The van der Waals surface area contributed by atoms with E-state index in [9.17, 15) is 13.2 Å². The molecule has 0 amide bonds. The van der Waals surface area contributed by atoms with E-state index in [4.69, 9.17) is 15.3 Å². The minimum absolute atomic E-state index is 0.0210. The molecule has 5 nitrogen and oxygen atoms in total. The molecule has 1 aromatic carbocycles. The SMILES string of the molecule is C#C[C@@H](OS(=O)(=O)c1ccc(C)cc1)[C@H]1CCC(=O)O1. The summed E-state index contributed by atoms with van der Waals surface area (Å²) in [5.41, 5.74) is 0.933. The number of hydrogen-bond acceptors (Lipinski definition) is 5. The van der Waals surface area contributed by atoms with Crippen LogP contribution in [0.2, 0.25) is 0 Å². The van der Waals surface area contributed by atoms with Gasteiger partial charge in [-0.25, -0.2) is 4.18 Å². The third-order valence-electron chi connectivity index (χ3n) is 2.96. The molecule has 2 rings (SSSR count). The Morgan fingerprint density at radius 1 is 1.40 bits per heavy atom. The fraction of sp³-hybridized carbons (Fsp3) is 0.357. The first-order chi connectivity index (χ1) is 9.42. The van der Waals surface area contributed by atoms with E-state index in [0.717, 1.165) is 5.56 Å². The summed E-state index contributed by atoms with van der Waals surface area (Å²) in [6.45, 7) is 1.85. The zero-order chi connectivity index (χ0) is 14.8. The summed E-state index contributed by atoms with van der Waals surface area (Å²) in [6, 6.07) is 6.21. The lowest BCUT2D eigenvalue weighted by Crippen LogP contribution is -2.30. The number of cyclic esters (lactones) is 1. The molecule has 0 radical (unpaired) electrons. The standard InChI is InChI=1S/C14H14O5S/c1-3-12(13-8-9-14(15)18-13)19-20(16,17)11-6-4-10(2)5-7-11/h1,4-7,12-13H,8-9H2,2H3/t12-,13-/m1/s1. The monoisotopic (exact) mass is 294 g/mol. The van der Waals surface area contributed by atoms with Gasteiger partial charge in [0.05, 0.1) is 4.90 Å². The number of carbonyl (C=O) groups excluding carboxylic acids is 1. The molecule has 0 aliphatic carbocycles. The fourth-order valence-electron chi connectivity index (χ4n) is 1.85. The maximum atomic E-state index is 12.1. The maximum Gasteiger partial charge on any atom is 0.306 e. The van der Waals surface area contributed by atoms with Crippen LogP contribution in [0.5, 0.6) is 0 Å². The van der Waals surface area contributed by atoms with Gasteiger partial charge in [-0.05, 0) is 25.5 Å². The summed E-state index contributed by atoms with van der Waals surface area (Å²) in [6.07, 6.45) is 4.03. The normalized spacial score (nSPS) is 20.2. The topological polar surface area (TPSA) is 69.7 Å². The van der Waals surface area contributed by atoms with Crippen LogP contribution in [0.25, 0.3) is 0 Å². The van der Waals surface area contributed by atoms with E-state index in [1.165, 1.54) is 12.1 Å². The predicted molar refractivity (Wildman–Crippen MR) is 71.2 cm³/mol. The van der Waals surface area contributed by atoms with Crippen LogP contribution in [0.3, 0.4) is 0 Å². The van der Waals surface area contributed by atoms with Crippen molar-refractivity contribution in [1.82, 2.24) is 0 Å². The van der Waals surface area contributed by atoms with Gasteiger partial charge in [-0.15, -0.1) is 6.42 Å². The Bertz CT molecular complexity index is 639. The molecular weight excluding hydrogens is 280 g/mol. The second kappa shape index (κ2) is 5.65. The quantitative estimate of drug-likeness (QED) is 0.477. The molecule has 0 N–H and O–H groups in total. The lowest BCUT2D eigenvalue weighted by molar-refractivity contribution is -0.143. The van der Waals surface area contributed by atoms with Gasteiger partial charge in [0.15, 0.2) is 6.10 Å². The van der Waals surface area contributed by atoms with Gasteiger partial charge in [-0.2, -0.15) is 8.42 Å². The first kappa shape index (κ1) is 14.6. The third-order valence-corrected chi connectivity index (χ3v) is 4.27. The third kappa shape index (κ3) is 3.18. The zero-order valence-electron chi connectivity index (χ0n) is 10.9. The Labute approximate surface area is 118 Å². The molecule has 0 aromatic heterocycles. The van der Waals surface area contributed by atoms with Gasteiger partial charge in [0.2, 0.25) is 0 Å². The summed E-state index contributed by atoms with van der Waals surface area (Å²) < 4.78 is 34.1. The minimum atomic E-state index is -3.98. The molecule has 1 aliphatic rings. The molecule has 0 spiro atoms. The van der Waals surface area contributed by atoms with Crippen LogP contribution in [0.15, 0.2) is 29.2 Å². The van der Waals surface area contributed by atoms with E-state index in [1.54, 1.807) is 12.1 Å². The smallest absolute Gasteiger partial charge is 0.306 e. The zero-order valence-corrected chi connectivity index (χ0v) is 11.7. The Hall–Kier alpha value is -1.84. The van der Waals surface area contributed by atoms with Crippen LogP contribution in [-0.2, 0) is 23.8 Å². The van der Waals surface area contributed by atoms with Crippen molar-refractivity contribution in [2.75, 3.05) is 0 Å². The Balaban J connectivity index is 2.16. The summed E-state index contributed by atoms with van der Waals surface area (Å²) in [5.74, 6) is 1.83. The van der Waals surface area contributed by atoms with Crippen molar-refractivity contribution >= 4 is 16.1 Å². The van der Waals surface area contributed by atoms with Crippen molar-refractivity contribution in [1.29, 1.82) is 0 Å². The highest BCUT2D eigenvalue weighted by Gasteiger charge is 2.34. The van der Waals surface area contributed by atoms with E-state index in [1.807, 2.05) is 6.92 Å². The Morgan fingerprint density at radius 2 is 2.05 bits per heavy atom. The molecule has 1 aliphatic heterocycles. The highest BCUT2D eigenvalue weighted by Crippen LogP contribution is 2.23. The molecule has 0 bridgehead atoms. The van der Waals surface area contributed by atoms with Crippen molar-refractivity contribution in [3.63, 3.8) is 0 Å². The molecule has 106 valence electrons. The van der Waals surface area contributed by atoms with Gasteiger partial charge in [0, 0.05) is 6.42 Å². The highest BCUT2D eigenvalue weighted by molar-refractivity contribution is 7.86. The molecular formula is C14H14O5S. The van der Waals surface area contributed by atoms with E-state index in [2.05, 4.69) is 5.92 Å². The van der Waals surface area contributed by atoms with Gasteiger partial charge < -0.3 is 4.74 Å². The first-order valence-corrected chi connectivity index (χ1v) is 7.49. The minimum Gasteiger partial charge on any atom is -0.458 e. The molecule has 1 aromatic rings. The number of carbonyl (C=O) groups is 1. The number of hydrogen-bond donors (Lipinski definition) is 0. The van der Waals surface area contributed by atoms with Crippen molar-refractivity contribution in [2.45, 2.75) is 36.9 Å². The largest absolute Gasteiger partial charge is 0.458 e. The molecule has 20 heavy (non-hydrogen) atoms. The van der Waals surface area contributed by atoms with E-state index in [-0.39, 0.29) is 11.3 Å². The van der Waals surface area contributed by atoms with Crippen molar-refractivity contribution in [3.05, 3.63) is 29.8 Å². The molecule has 2 atom stereocenters. The Kier molecular flexibility index (Phi) is 4.12. The van der Waals surface area contributed by atoms with Gasteiger partial charge in [0.25, 0.3) is 10.1 Å². The second-order valence-electron chi connectivity index (χ2n) is 4.52. The van der Waals surface area contributed by atoms with Crippen molar-refractivity contribution in [2.24, 2.45) is 0 Å². The Morgan fingerprint density at radius 3 is 2.55 bits per heavy atom. The summed E-state index contributed by atoms with van der Waals surface area (Å²) in [5, 5.41) is 0. The number of terminal acetylenes is 1. The molecule has 1 saturated heterocycles. The number of benzene rings is 1. The van der Waals surface area contributed by atoms with Crippen LogP contribution in [0, 0.1) is 19.3 Å². The summed E-state index contributed by atoms with van der Waals surface area (Å²) in [7, 11) is -3.98. The average Bonchev–Trinajstić information content (AvgIpc) is 2.83. The fourth-order valence-corrected chi connectivity index (χ4v) is 2.89. The molecule has 1 fully saturated rings. The summed E-state index contributed by atoms with van der Waals surface area (Å²) in [4.78, 5) is 11.1. The van der Waals surface area contributed by atoms with Gasteiger partial charge >= 0.3 is 5.97 Å². The second-order valence-corrected chi connectivity index (χ2v) is 6.09. The van der Waals surface area contributed by atoms with Crippen LogP contribution in [0.1, 0.15) is 18.4 Å². The average molecular weight is 294 g/mol. The molecule has 6 heteroatoms. The van der Waals surface area contributed by atoms with E-state index in [0.29, 0.717) is 6.42 Å². The van der Waals surface area contributed by atoms with Crippen LogP contribution >= 0.6 is 0 Å². The van der Waals surface area contributed by atoms with E-state index < -0.39 is 28.3 Å². The number of aryl methyl sites for hydroxylation is 1.